The summed E-state index contributed by atoms with van der Waals surface area (Å²) in [7, 11) is 0. The van der Waals surface area contributed by atoms with Gasteiger partial charge in [-0.3, -0.25) is 9.59 Å². The van der Waals surface area contributed by atoms with E-state index >= 15 is 0 Å². The molecule has 0 fully saturated rings. The number of hydrogen-bond acceptors (Lipinski definition) is 4. The van der Waals surface area contributed by atoms with Gasteiger partial charge in [-0.05, 0) is 44.0 Å². The molecule has 2 amide bonds. The zero-order chi connectivity index (χ0) is 18.1. The van der Waals surface area contributed by atoms with Crippen LogP contribution in [-0.2, 0) is 4.84 Å². The smallest absolute Gasteiger partial charge is 0.324 e. The van der Waals surface area contributed by atoms with Crippen molar-refractivity contribution in [1.82, 2.24) is 5.06 Å². The fraction of sp³-hybridized carbons (Fsp3) is 0.150. The van der Waals surface area contributed by atoms with Crippen LogP contribution in [0.25, 0.3) is 6.08 Å². The number of fused-ring (bicyclic) bond motifs is 1. The number of hydrogen-bond donors (Lipinski definition) is 0. The number of rotatable bonds is 3. The molecular formula is C20H17NO4. The zero-order valence-electron chi connectivity index (χ0n) is 14.2. The summed E-state index contributed by atoms with van der Waals surface area (Å²) in [5.74, 6) is -2.00. The predicted octanol–water partition coefficient (Wildman–Crippen LogP) is 3.79. The Kier molecular flexibility index (Phi) is 4.23. The van der Waals surface area contributed by atoms with Gasteiger partial charge in [-0.1, -0.05) is 47.0 Å². The SMILES string of the molecule is CC(C)=Cc1cccc(C)c1C(=O)ON1C(=O)c2ccccc2C1=O. The van der Waals surface area contributed by atoms with Crippen molar-refractivity contribution in [3.63, 3.8) is 0 Å². The van der Waals surface area contributed by atoms with Crippen molar-refractivity contribution in [3.05, 3.63) is 75.9 Å². The molecule has 0 aliphatic carbocycles. The molecule has 2 aromatic carbocycles. The van der Waals surface area contributed by atoms with E-state index in [1.165, 1.54) is 12.1 Å². The van der Waals surface area contributed by atoms with Crippen LogP contribution in [0.1, 0.15) is 56.0 Å². The summed E-state index contributed by atoms with van der Waals surface area (Å²) in [5.41, 5.74) is 3.20. The maximum absolute atomic E-state index is 12.7. The Morgan fingerprint density at radius 1 is 0.960 bits per heavy atom. The molecule has 5 heteroatoms. The normalized spacial score (nSPS) is 12.8. The van der Waals surface area contributed by atoms with E-state index in [0.717, 1.165) is 5.57 Å². The Balaban J connectivity index is 1.94. The van der Waals surface area contributed by atoms with E-state index < -0.39 is 17.8 Å². The highest BCUT2D eigenvalue weighted by molar-refractivity contribution is 6.21. The topological polar surface area (TPSA) is 63.7 Å². The summed E-state index contributed by atoms with van der Waals surface area (Å²) in [5, 5.41) is 0.533. The van der Waals surface area contributed by atoms with E-state index in [9.17, 15) is 14.4 Å². The maximum atomic E-state index is 12.7. The molecule has 0 saturated heterocycles. The lowest BCUT2D eigenvalue weighted by molar-refractivity contribution is -0.0585. The molecule has 126 valence electrons. The molecule has 0 N–H and O–H groups in total. The lowest BCUT2D eigenvalue weighted by Gasteiger charge is -2.15. The van der Waals surface area contributed by atoms with Crippen LogP contribution in [0.4, 0.5) is 0 Å². The van der Waals surface area contributed by atoms with Gasteiger partial charge in [-0.2, -0.15) is 0 Å². The van der Waals surface area contributed by atoms with Crippen molar-refractivity contribution in [3.8, 4) is 0 Å². The summed E-state index contributed by atoms with van der Waals surface area (Å²) in [6, 6.07) is 11.8. The quantitative estimate of drug-likeness (QED) is 0.801. The highest BCUT2D eigenvalue weighted by Crippen LogP contribution is 2.25. The van der Waals surface area contributed by atoms with Crippen molar-refractivity contribution in [1.29, 1.82) is 0 Å². The van der Waals surface area contributed by atoms with Gasteiger partial charge in [0, 0.05) is 0 Å². The standard InChI is InChI=1S/C20H17NO4/c1-12(2)11-14-8-6-7-13(3)17(14)20(24)25-21-18(22)15-9-4-5-10-16(15)19(21)23/h4-11H,1-3H3. The van der Waals surface area contributed by atoms with Crippen LogP contribution in [-0.4, -0.2) is 22.8 Å². The third-order valence-electron chi connectivity index (χ3n) is 3.88. The Hall–Kier alpha value is -3.21. The first kappa shape index (κ1) is 16.6. The second-order valence-corrected chi connectivity index (χ2v) is 6.09. The summed E-state index contributed by atoms with van der Waals surface area (Å²) in [6.07, 6.45) is 1.85. The number of hydroxylamine groups is 2. The van der Waals surface area contributed by atoms with E-state index in [1.54, 1.807) is 31.2 Å². The van der Waals surface area contributed by atoms with E-state index in [0.29, 0.717) is 21.8 Å². The van der Waals surface area contributed by atoms with E-state index in [1.807, 2.05) is 26.0 Å². The van der Waals surface area contributed by atoms with Gasteiger partial charge in [-0.15, -0.1) is 0 Å². The third kappa shape index (κ3) is 2.96. The van der Waals surface area contributed by atoms with E-state index in [-0.39, 0.29) is 11.1 Å². The van der Waals surface area contributed by atoms with Gasteiger partial charge in [0.05, 0.1) is 16.7 Å². The Bertz CT molecular complexity index is 888. The molecule has 0 bridgehead atoms. The first-order chi connectivity index (χ1) is 11.9. The number of amides is 2. The molecule has 25 heavy (non-hydrogen) atoms. The number of nitrogens with zero attached hydrogens (tertiary/aromatic N) is 1. The highest BCUT2D eigenvalue weighted by Gasteiger charge is 2.39. The lowest BCUT2D eigenvalue weighted by Crippen LogP contribution is -2.33. The third-order valence-corrected chi connectivity index (χ3v) is 3.88. The lowest BCUT2D eigenvalue weighted by atomic mass is 10.0. The minimum absolute atomic E-state index is 0.231. The Labute approximate surface area is 145 Å². The van der Waals surface area contributed by atoms with Crippen LogP contribution in [0.2, 0.25) is 0 Å². The van der Waals surface area contributed by atoms with Gasteiger partial charge < -0.3 is 4.84 Å². The van der Waals surface area contributed by atoms with Gasteiger partial charge in [-0.25, -0.2) is 4.79 Å². The number of carbonyl (C=O) groups excluding carboxylic acids is 3. The number of benzene rings is 2. The van der Waals surface area contributed by atoms with E-state index in [4.69, 9.17) is 4.84 Å². The number of imide groups is 1. The average molecular weight is 335 g/mol. The number of carbonyl (C=O) groups is 3. The molecule has 0 saturated carbocycles. The van der Waals surface area contributed by atoms with Crippen LogP contribution >= 0.6 is 0 Å². The van der Waals surface area contributed by atoms with Crippen LogP contribution in [0, 0.1) is 6.92 Å². The minimum atomic E-state index is -0.736. The monoisotopic (exact) mass is 335 g/mol. The molecule has 1 aliphatic heterocycles. The van der Waals surface area contributed by atoms with E-state index in [2.05, 4.69) is 0 Å². The average Bonchev–Trinajstić information content (AvgIpc) is 2.80. The fourth-order valence-corrected chi connectivity index (χ4v) is 2.78. The van der Waals surface area contributed by atoms with Crippen LogP contribution in [0.3, 0.4) is 0 Å². The molecule has 1 aliphatic rings. The number of aryl methyl sites for hydroxylation is 1. The molecular weight excluding hydrogens is 318 g/mol. The molecule has 0 atom stereocenters. The molecule has 1 heterocycles. The van der Waals surface area contributed by atoms with Gasteiger partial charge in [0.1, 0.15) is 0 Å². The Morgan fingerprint density at radius 3 is 2.12 bits per heavy atom. The first-order valence-electron chi connectivity index (χ1n) is 7.85. The van der Waals surface area contributed by atoms with Gasteiger partial charge in [0.2, 0.25) is 0 Å². The van der Waals surface area contributed by atoms with Gasteiger partial charge >= 0.3 is 5.97 Å². The van der Waals surface area contributed by atoms with Crippen LogP contribution in [0.15, 0.2) is 48.0 Å². The van der Waals surface area contributed by atoms with Gasteiger partial charge in [0.25, 0.3) is 11.8 Å². The minimum Gasteiger partial charge on any atom is -0.324 e. The first-order valence-corrected chi connectivity index (χ1v) is 7.85. The molecule has 5 nitrogen and oxygen atoms in total. The predicted molar refractivity (Wildman–Crippen MR) is 92.9 cm³/mol. The van der Waals surface area contributed by atoms with Crippen molar-refractivity contribution >= 4 is 23.9 Å². The molecule has 2 aromatic rings. The second-order valence-electron chi connectivity index (χ2n) is 6.09. The molecule has 0 aromatic heterocycles. The van der Waals surface area contributed by atoms with Crippen molar-refractivity contribution in [2.75, 3.05) is 0 Å². The van der Waals surface area contributed by atoms with Crippen LogP contribution < -0.4 is 0 Å². The Morgan fingerprint density at radius 2 is 1.56 bits per heavy atom. The van der Waals surface area contributed by atoms with Gasteiger partial charge in [0.15, 0.2) is 0 Å². The molecule has 3 rings (SSSR count). The fourth-order valence-electron chi connectivity index (χ4n) is 2.78. The van der Waals surface area contributed by atoms with Crippen LogP contribution in [0.5, 0.6) is 0 Å². The molecule has 0 unspecified atom stereocenters. The summed E-state index contributed by atoms with van der Waals surface area (Å²) >= 11 is 0. The van der Waals surface area contributed by atoms with Crippen molar-refractivity contribution < 1.29 is 19.2 Å². The maximum Gasteiger partial charge on any atom is 0.364 e. The van der Waals surface area contributed by atoms with Crippen molar-refractivity contribution in [2.24, 2.45) is 0 Å². The summed E-state index contributed by atoms with van der Waals surface area (Å²) in [6.45, 7) is 5.62. The highest BCUT2D eigenvalue weighted by atomic mass is 16.7. The second kappa shape index (κ2) is 6.36. The zero-order valence-corrected chi connectivity index (χ0v) is 14.2. The summed E-state index contributed by atoms with van der Waals surface area (Å²) in [4.78, 5) is 42.5. The summed E-state index contributed by atoms with van der Waals surface area (Å²) < 4.78 is 0. The van der Waals surface area contributed by atoms with Crippen molar-refractivity contribution in [2.45, 2.75) is 20.8 Å². The molecule has 0 radical (unpaired) electrons. The molecule has 0 spiro atoms. The largest absolute Gasteiger partial charge is 0.364 e. The number of allylic oxidation sites excluding steroid dienone is 1.